The molecule has 5 heteroatoms. The third-order valence-electron chi connectivity index (χ3n) is 2.65. The van der Waals surface area contributed by atoms with Gasteiger partial charge in [-0.1, -0.05) is 29.8 Å². The zero-order valence-corrected chi connectivity index (χ0v) is 11.5. The molecule has 0 aromatic heterocycles. The third kappa shape index (κ3) is 4.13. The second-order valence-electron chi connectivity index (χ2n) is 4.27. The molecular formula is C15H16ClNO3. The van der Waals surface area contributed by atoms with E-state index in [4.69, 9.17) is 21.4 Å². The lowest BCUT2D eigenvalue weighted by atomic mass is 10.2. The summed E-state index contributed by atoms with van der Waals surface area (Å²) in [5.74, 6) is 1.31. The number of anilines is 1. The number of aliphatic hydroxyl groups excluding tert-OH is 2. The summed E-state index contributed by atoms with van der Waals surface area (Å²) in [5.41, 5.74) is 0.661. The number of aliphatic hydroxyl groups is 2. The largest absolute Gasteiger partial charge is 0.455 e. The normalized spacial score (nSPS) is 11.9. The predicted octanol–water partition coefficient (Wildman–Crippen LogP) is 2.90. The Balaban J connectivity index is 2.15. The van der Waals surface area contributed by atoms with Crippen LogP contribution in [0.25, 0.3) is 0 Å². The molecule has 0 saturated heterocycles. The maximum atomic E-state index is 9.38. The van der Waals surface area contributed by atoms with Crippen LogP contribution in [0.5, 0.6) is 11.5 Å². The molecular weight excluding hydrogens is 278 g/mol. The van der Waals surface area contributed by atoms with E-state index in [1.54, 1.807) is 18.2 Å². The van der Waals surface area contributed by atoms with Gasteiger partial charge in [-0.25, -0.2) is 0 Å². The van der Waals surface area contributed by atoms with Crippen LogP contribution in [0.2, 0.25) is 5.02 Å². The summed E-state index contributed by atoms with van der Waals surface area (Å²) in [5, 5.41) is 21.8. The topological polar surface area (TPSA) is 61.7 Å². The van der Waals surface area contributed by atoms with Crippen LogP contribution in [0.3, 0.4) is 0 Å². The molecule has 0 amide bonds. The van der Waals surface area contributed by atoms with Gasteiger partial charge in [-0.2, -0.15) is 0 Å². The lowest BCUT2D eigenvalue weighted by Crippen LogP contribution is -2.23. The molecule has 1 unspecified atom stereocenters. The zero-order chi connectivity index (χ0) is 14.4. The number of ether oxygens (including phenoxy) is 1. The molecule has 0 radical (unpaired) electrons. The summed E-state index contributed by atoms with van der Waals surface area (Å²) < 4.78 is 5.77. The molecule has 2 aromatic rings. The lowest BCUT2D eigenvalue weighted by molar-refractivity contribution is 0.105. The number of nitrogens with one attached hydrogen (secondary N) is 1. The van der Waals surface area contributed by atoms with Gasteiger partial charge in [-0.15, -0.1) is 0 Å². The van der Waals surface area contributed by atoms with Gasteiger partial charge in [0.2, 0.25) is 0 Å². The van der Waals surface area contributed by atoms with Gasteiger partial charge in [-0.05, 0) is 30.3 Å². The number of benzene rings is 2. The molecule has 0 fully saturated rings. The highest BCUT2D eigenvalue weighted by molar-refractivity contribution is 6.30. The Morgan fingerprint density at radius 3 is 2.60 bits per heavy atom. The molecule has 0 bridgehead atoms. The molecule has 0 aliphatic rings. The van der Waals surface area contributed by atoms with Gasteiger partial charge in [0, 0.05) is 11.6 Å². The molecule has 106 valence electrons. The van der Waals surface area contributed by atoms with E-state index >= 15 is 0 Å². The van der Waals surface area contributed by atoms with Crippen molar-refractivity contribution in [3.8, 4) is 11.5 Å². The van der Waals surface area contributed by atoms with E-state index in [0.717, 1.165) is 0 Å². The van der Waals surface area contributed by atoms with E-state index in [-0.39, 0.29) is 13.2 Å². The van der Waals surface area contributed by atoms with Gasteiger partial charge in [0.25, 0.3) is 0 Å². The van der Waals surface area contributed by atoms with E-state index < -0.39 is 6.10 Å². The Morgan fingerprint density at radius 2 is 1.90 bits per heavy atom. The smallest absolute Gasteiger partial charge is 0.150 e. The molecule has 3 N–H and O–H groups in total. The molecule has 20 heavy (non-hydrogen) atoms. The first-order valence-electron chi connectivity index (χ1n) is 6.24. The minimum atomic E-state index is -0.835. The molecule has 2 aromatic carbocycles. The second kappa shape index (κ2) is 7.14. The van der Waals surface area contributed by atoms with E-state index in [9.17, 15) is 5.11 Å². The van der Waals surface area contributed by atoms with Crippen molar-refractivity contribution in [1.29, 1.82) is 0 Å². The van der Waals surface area contributed by atoms with Crippen molar-refractivity contribution < 1.29 is 14.9 Å². The van der Waals surface area contributed by atoms with Gasteiger partial charge in [0.05, 0.1) is 18.4 Å². The van der Waals surface area contributed by atoms with Crippen LogP contribution < -0.4 is 10.1 Å². The zero-order valence-electron chi connectivity index (χ0n) is 10.8. The Hall–Kier alpha value is -1.75. The number of halogens is 1. The van der Waals surface area contributed by atoms with Crippen LogP contribution in [0, 0.1) is 0 Å². The first kappa shape index (κ1) is 14.7. The van der Waals surface area contributed by atoms with E-state index in [0.29, 0.717) is 22.2 Å². The molecule has 0 heterocycles. The average molecular weight is 294 g/mol. The first-order valence-corrected chi connectivity index (χ1v) is 6.62. The van der Waals surface area contributed by atoms with Gasteiger partial charge >= 0.3 is 0 Å². The Labute approximate surface area is 122 Å². The van der Waals surface area contributed by atoms with Crippen molar-refractivity contribution in [2.45, 2.75) is 6.10 Å². The quantitative estimate of drug-likeness (QED) is 0.766. The van der Waals surface area contributed by atoms with Crippen molar-refractivity contribution in [2.75, 3.05) is 18.5 Å². The summed E-state index contributed by atoms with van der Waals surface area (Å²) in [7, 11) is 0. The molecule has 2 rings (SSSR count). The highest BCUT2D eigenvalue weighted by Crippen LogP contribution is 2.31. The molecule has 4 nitrogen and oxygen atoms in total. The summed E-state index contributed by atoms with van der Waals surface area (Å²) in [6, 6.07) is 14.6. The van der Waals surface area contributed by atoms with Crippen molar-refractivity contribution in [3.05, 3.63) is 53.6 Å². The summed E-state index contributed by atoms with van der Waals surface area (Å²) in [6.07, 6.45) is -0.835. The highest BCUT2D eigenvalue weighted by atomic mass is 35.5. The Kier molecular flexibility index (Phi) is 5.24. The second-order valence-corrected chi connectivity index (χ2v) is 4.71. The van der Waals surface area contributed by atoms with Crippen molar-refractivity contribution in [3.63, 3.8) is 0 Å². The minimum absolute atomic E-state index is 0.210. The van der Waals surface area contributed by atoms with E-state index in [1.165, 1.54) is 0 Å². The molecule has 0 spiro atoms. The fourth-order valence-electron chi connectivity index (χ4n) is 1.64. The van der Waals surface area contributed by atoms with Crippen molar-refractivity contribution in [1.82, 2.24) is 0 Å². The van der Waals surface area contributed by atoms with E-state index in [1.807, 2.05) is 30.3 Å². The highest BCUT2D eigenvalue weighted by Gasteiger charge is 2.08. The fraction of sp³-hybridized carbons (Fsp3) is 0.200. The van der Waals surface area contributed by atoms with Gasteiger partial charge in [-0.3, -0.25) is 0 Å². The van der Waals surface area contributed by atoms with Gasteiger partial charge in [0.1, 0.15) is 5.75 Å². The van der Waals surface area contributed by atoms with E-state index in [2.05, 4.69) is 5.32 Å². The Bertz CT molecular complexity index is 548. The van der Waals surface area contributed by atoms with Gasteiger partial charge < -0.3 is 20.3 Å². The third-order valence-corrected chi connectivity index (χ3v) is 2.89. The number of hydrogen-bond acceptors (Lipinski definition) is 4. The van der Waals surface area contributed by atoms with Crippen molar-refractivity contribution >= 4 is 17.3 Å². The standard InChI is InChI=1S/C15H16ClNO3/c16-11-6-7-15(20-13-4-2-1-3-5-13)14(8-11)17-9-12(19)10-18/h1-8,12,17-19H,9-10H2. The predicted molar refractivity (Wildman–Crippen MR) is 79.6 cm³/mol. The minimum Gasteiger partial charge on any atom is -0.455 e. The number of para-hydroxylation sites is 1. The van der Waals surface area contributed by atoms with Crippen LogP contribution >= 0.6 is 11.6 Å². The summed E-state index contributed by atoms with van der Waals surface area (Å²) in [6.45, 7) is -0.0928. The first-order chi connectivity index (χ1) is 9.69. The molecule has 0 aliphatic carbocycles. The number of hydrogen-bond donors (Lipinski definition) is 3. The van der Waals surface area contributed by atoms with Crippen LogP contribution in [0.15, 0.2) is 48.5 Å². The van der Waals surface area contributed by atoms with Crippen LogP contribution in [0.4, 0.5) is 5.69 Å². The Morgan fingerprint density at radius 1 is 1.15 bits per heavy atom. The maximum Gasteiger partial charge on any atom is 0.150 e. The molecule has 0 saturated carbocycles. The summed E-state index contributed by atoms with van der Waals surface area (Å²) >= 11 is 5.96. The number of rotatable bonds is 6. The summed E-state index contributed by atoms with van der Waals surface area (Å²) in [4.78, 5) is 0. The average Bonchev–Trinajstić information content (AvgIpc) is 2.48. The van der Waals surface area contributed by atoms with Crippen molar-refractivity contribution in [2.24, 2.45) is 0 Å². The lowest BCUT2D eigenvalue weighted by Gasteiger charge is -2.15. The fourth-order valence-corrected chi connectivity index (χ4v) is 1.81. The maximum absolute atomic E-state index is 9.38. The van der Waals surface area contributed by atoms with Gasteiger partial charge in [0.15, 0.2) is 5.75 Å². The molecule has 1 atom stereocenters. The SMILES string of the molecule is OCC(O)CNc1cc(Cl)ccc1Oc1ccccc1. The van der Waals surface area contributed by atoms with Crippen LogP contribution in [0.1, 0.15) is 0 Å². The van der Waals surface area contributed by atoms with Crippen LogP contribution in [-0.4, -0.2) is 29.5 Å². The van der Waals surface area contributed by atoms with Crippen LogP contribution in [-0.2, 0) is 0 Å². The monoisotopic (exact) mass is 293 g/mol. The molecule has 0 aliphatic heterocycles.